The molecule has 0 aliphatic heterocycles. The van der Waals surface area contributed by atoms with Crippen molar-refractivity contribution in [3.05, 3.63) is 57.3 Å². The molecular weight excluding hydrogens is 284 g/mol. The van der Waals surface area contributed by atoms with Crippen LogP contribution in [-0.2, 0) is 0 Å². The van der Waals surface area contributed by atoms with E-state index >= 15 is 0 Å². The van der Waals surface area contributed by atoms with Crippen LogP contribution in [-0.4, -0.2) is 0 Å². The minimum atomic E-state index is 0.0612. The standard InChI is InChI=1S/C18H23ClS/c1-5-12(2)16(15-9-7-6-8-10-15)17(19)18-13(3)11-14(4)20-18/h6-12,16-17H,5H2,1-4H3. The van der Waals surface area contributed by atoms with Gasteiger partial charge in [0.2, 0.25) is 0 Å². The van der Waals surface area contributed by atoms with Gasteiger partial charge in [0.1, 0.15) is 0 Å². The van der Waals surface area contributed by atoms with Gasteiger partial charge in [-0.05, 0) is 37.0 Å². The van der Waals surface area contributed by atoms with E-state index in [1.54, 1.807) is 0 Å². The lowest BCUT2D eigenvalue weighted by Crippen LogP contribution is -2.14. The lowest BCUT2D eigenvalue weighted by atomic mass is 9.82. The zero-order valence-electron chi connectivity index (χ0n) is 12.7. The van der Waals surface area contributed by atoms with Gasteiger partial charge < -0.3 is 0 Å². The summed E-state index contributed by atoms with van der Waals surface area (Å²) >= 11 is 8.75. The van der Waals surface area contributed by atoms with Gasteiger partial charge in [0.25, 0.3) is 0 Å². The maximum atomic E-state index is 6.91. The molecule has 20 heavy (non-hydrogen) atoms. The molecule has 0 saturated carbocycles. The van der Waals surface area contributed by atoms with Crippen LogP contribution in [0, 0.1) is 19.8 Å². The van der Waals surface area contributed by atoms with E-state index in [1.165, 1.54) is 20.9 Å². The van der Waals surface area contributed by atoms with Gasteiger partial charge in [-0.2, -0.15) is 0 Å². The minimum absolute atomic E-state index is 0.0612. The van der Waals surface area contributed by atoms with E-state index in [4.69, 9.17) is 11.6 Å². The Morgan fingerprint density at radius 2 is 1.80 bits per heavy atom. The van der Waals surface area contributed by atoms with Gasteiger partial charge in [-0.25, -0.2) is 0 Å². The maximum absolute atomic E-state index is 6.91. The number of rotatable bonds is 5. The van der Waals surface area contributed by atoms with Crippen molar-refractivity contribution in [1.82, 2.24) is 0 Å². The van der Waals surface area contributed by atoms with E-state index in [0.717, 1.165) is 6.42 Å². The van der Waals surface area contributed by atoms with Crippen molar-refractivity contribution in [1.29, 1.82) is 0 Å². The molecule has 0 spiro atoms. The highest BCUT2D eigenvalue weighted by molar-refractivity contribution is 7.12. The predicted octanol–water partition coefficient (Wildman–Crippen LogP) is 6.47. The van der Waals surface area contributed by atoms with Gasteiger partial charge in [-0.1, -0.05) is 50.6 Å². The third kappa shape index (κ3) is 3.27. The Morgan fingerprint density at radius 1 is 1.15 bits per heavy atom. The van der Waals surface area contributed by atoms with Gasteiger partial charge in [0.05, 0.1) is 5.38 Å². The minimum Gasteiger partial charge on any atom is -0.144 e. The molecule has 0 aliphatic rings. The molecule has 0 saturated heterocycles. The molecule has 3 unspecified atom stereocenters. The van der Waals surface area contributed by atoms with Gasteiger partial charge in [-0.15, -0.1) is 22.9 Å². The highest BCUT2D eigenvalue weighted by Gasteiger charge is 2.29. The summed E-state index contributed by atoms with van der Waals surface area (Å²) in [4.78, 5) is 2.68. The van der Waals surface area contributed by atoms with E-state index < -0.39 is 0 Å². The van der Waals surface area contributed by atoms with Crippen LogP contribution in [0.5, 0.6) is 0 Å². The summed E-state index contributed by atoms with van der Waals surface area (Å²) < 4.78 is 0. The van der Waals surface area contributed by atoms with Crippen LogP contribution < -0.4 is 0 Å². The molecule has 1 aromatic heterocycles. The summed E-state index contributed by atoms with van der Waals surface area (Å²) in [6.07, 6.45) is 1.15. The van der Waals surface area contributed by atoms with Crippen LogP contribution in [0.15, 0.2) is 36.4 Å². The molecule has 0 amide bonds. The Bertz CT molecular complexity index is 544. The first kappa shape index (κ1) is 15.6. The molecule has 0 nitrogen and oxygen atoms in total. The van der Waals surface area contributed by atoms with Gasteiger partial charge in [0.15, 0.2) is 0 Å². The summed E-state index contributed by atoms with van der Waals surface area (Å²) in [5.41, 5.74) is 2.68. The summed E-state index contributed by atoms with van der Waals surface area (Å²) in [6, 6.07) is 13.0. The van der Waals surface area contributed by atoms with E-state index in [1.807, 2.05) is 11.3 Å². The van der Waals surface area contributed by atoms with Gasteiger partial charge in [-0.3, -0.25) is 0 Å². The fraction of sp³-hybridized carbons (Fsp3) is 0.444. The molecule has 0 aliphatic carbocycles. The topological polar surface area (TPSA) is 0 Å². The highest BCUT2D eigenvalue weighted by Crippen LogP contribution is 2.45. The molecule has 0 radical (unpaired) electrons. The average molecular weight is 307 g/mol. The third-order valence-corrected chi connectivity index (χ3v) is 5.94. The van der Waals surface area contributed by atoms with Crippen molar-refractivity contribution in [2.45, 2.75) is 45.4 Å². The van der Waals surface area contributed by atoms with E-state index in [2.05, 4.69) is 64.1 Å². The number of halogens is 1. The molecule has 2 rings (SSSR count). The smallest absolute Gasteiger partial charge is 0.0752 e. The molecule has 2 heteroatoms. The van der Waals surface area contributed by atoms with Gasteiger partial charge >= 0.3 is 0 Å². The second-order valence-corrected chi connectivity index (χ2v) is 7.39. The quantitative estimate of drug-likeness (QED) is 0.555. The summed E-state index contributed by atoms with van der Waals surface area (Å²) in [5, 5.41) is 0.0612. The second-order valence-electron chi connectivity index (χ2n) is 5.63. The largest absolute Gasteiger partial charge is 0.144 e. The van der Waals surface area contributed by atoms with E-state index in [0.29, 0.717) is 11.8 Å². The lowest BCUT2D eigenvalue weighted by Gasteiger charge is -2.28. The van der Waals surface area contributed by atoms with Crippen molar-refractivity contribution in [2.75, 3.05) is 0 Å². The predicted molar refractivity (Wildman–Crippen MR) is 91.0 cm³/mol. The third-order valence-electron chi connectivity index (χ3n) is 4.09. The first-order valence-corrected chi connectivity index (χ1v) is 8.55. The SMILES string of the molecule is CCC(C)C(c1ccccc1)C(Cl)c1sc(C)cc1C. The Hall–Kier alpha value is -0.790. The van der Waals surface area contributed by atoms with Crippen molar-refractivity contribution < 1.29 is 0 Å². The molecule has 1 aromatic carbocycles. The molecule has 2 aromatic rings. The Kier molecular flexibility index (Phi) is 5.29. The van der Waals surface area contributed by atoms with Crippen molar-refractivity contribution in [3.63, 3.8) is 0 Å². The maximum Gasteiger partial charge on any atom is 0.0752 e. The summed E-state index contributed by atoms with van der Waals surface area (Å²) in [5.74, 6) is 0.946. The van der Waals surface area contributed by atoms with E-state index in [-0.39, 0.29) is 5.38 Å². The zero-order valence-corrected chi connectivity index (χ0v) is 14.3. The number of benzene rings is 1. The average Bonchev–Trinajstić information content (AvgIpc) is 2.79. The Morgan fingerprint density at radius 3 is 2.30 bits per heavy atom. The number of hydrogen-bond donors (Lipinski definition) is 0. The number of hydrogen-bond acceptors (Lipinski definition) is 1. The summed E-state index contributed by atoms with van der Waals surface area (Å²) in [6.45, 7) is 8.89. The van der Waals surface area contributed by atoms with Crippen molar-refractivity contribution >= 4 is 22.9 Å². The molecule has 0 bridgehead atoms. The first-order valence-electron chi connectivity index (χ1n) is 7.30. The molecule has 1 heterocycles. The van der Waals surface area contributed by atoms with Crippen LogP contribution in [0.25, 0.3) is 0 Å². The monoisotopic (exact) mass is 306 g/mol. The number of aryl methyl sites for hydroxylation is 2. The van der Waals surface area contributed by atoms with Gasteiger partial charge in [0, 0.05) is 15.7 Å². The fourth-order valence-corrected chi connectivity index (χ4v) is 4.57. The van der Waals surface area contributed by atoms with Crippen LogP contribution in [0.2, 0.25) is 0 Å². The Labute approximate surface area is 131 Å². The van der Waals surface area contributed by atoms with E-state index in [9.17, 15) is 0 Å². The number of alkyl halides is 1. The molecule has 0 N–H and O–H groups in total. The fourth-order valence-electron chi connectivity index (χ4n) is 2.81. The molecule has 3 atom stereocenters. The molecule has 108 valence electrons. The zero-order chi connectivity index (χ0) is 14.7. The normalized spacial score (nSPS) is 15.8. The van der Waals surface area contributed by atoms with Crippen LogP contribution >= 0.6 is 22.9 Å². The summed E-state index contributed by atoms with van der Waals surface area (Å²) in [7, 11) is 0. The van der Waals surface area contributed by atoms with Crippen molar-refractivity contribution in [2.24, 2.45) is 5.92 Å². The van der Waals surface area contributed by atoms with Crippen molar-refractivity contribution in [3.8, 4) is 0 Å². The lowest BCUT2D eigenvalue weighted by molar-refractivity contribution is 0.435. The van der Waals surface area contributed by atoms with Crippen LogP contribution in [0.4, 0.5) is 0 Å². The van der Waals surface area contributed by atoms with Crippen LogP contribution in [0.1, 0.15) is 52.4 Å². The highest BCUT2D eigenvalue weighted by atomic mass is 35.5. The van der Waals surface area contributed by atoms with Crippen LogP contribution in [0.3, 0.4) is 0 Å². The Balaban J connectivity index is 2.39. The molecular formula is C18H23ClS. The number of thiophene rings is 1. The second kappa shape index (κ2) is 6.78. The molecule has 0 fully saturated rings. The first-order chi connectivity index (χ1) is 9.54.